The Bertz CT molecular complexity index is 1610. The summed E-state index contributed by atoms with van der Waals surface area (Å²) in [5.41, 5.74) is 3.09. The van der Waals surface area contributed by atoms with Gasteiger partial charge in [0.2, 0.25) is 5.91 Å². The van der Waals surface area contributed by atoms with Gasteiger partial charge in [0.15, 0.2) is 17.4 Å². The van der Waals surface area contributed by atoms with Gasteiger partial charge in [0.05, 0.1) is 17.7 Å². The van der Waals surface area contributed by atoms with Crippen LogP contribution in [0.1, 0.15) is 12.5 Å². The minimum absolute atomic E-state index is 0.0918. The Morgan fingerprint density at radius 3 is 2.67 bits per heavy atom. The number of benzene rings is 3. The highest BCUT2D eigenvalue weighted by atomic mass is 35.5. The van der Waals surface area contributed by atoms with Crippen LogP contribution >= 0.6 is 11.6 Å². The van der Waals surface area contributed by atoms with Crippen molar-refractivity contribution in [1.29, 1.82) is 0 Å². The van der Waals surface area contributed by atoms with Crippen LogP contribution < -0.4 is 20.7 Å². The summed E-state index contributed by atoms with van der Waals surface area (Å²) in [6, 6.07) is 21.6. The standard InChI is InChI=1S/C30H30ClN7O4/c1-30(35-24-17-37(16-15-32-28(24)39)29(40)42-18-19-7-4-3-5-8-19)34-23-10-6-9-22(31)25(23)27-33-26(36-38(27)30)20-11-13-21(41-2)14-12-20/h3-14,24,34-35H,15-18H2,1-2H3,(H,32,39)/t24-,30?/m1/s1. The van der Waals surface area contributed by atoms with E-state index in [-0.39, 0.29) is 19.1 Å². The number of anilines is 1. The van der Waals surface area contributed by atoms with E-state index in [1.807, 2.05) is 73.7 Å². The van der Waals surface area contributed by atoms with Crippen LogP contribution in [0.3, 0.4) is 0 Å². The van der Waals surface area contributed by atoms with Crippen LogP contribution in [-0.4, -0.2) is 64.5 Å². The van der Waals surface area contributed by atoms with Crippen molar-refractivity contribution in [1.82, 2.24) is 30.3 Å². The van der Waals surface area contributed by atoms with Crippen LogP contribution in [0.2, 0.25) is 5.02 Å². The first-order valence-electron chi connectivity index (χ1n) is 13.5. The molecule has 3 N–H and O–H groups in total. The number of hydrogen-bond donors (Lipinski definition) is 3. The summed E-state index contributed by atoms with van der Waals surface area (Å²) in [7, 11) is 1.61. The highest BCUT2D eigenvalue weighted by molar-refractivity contribution is 6.34. The molecule has 2 amide bonds. The van der Waals surface area contributed by atoms with E-state index >= 15 is 0 Å². The zero-order valence-electron chi connectivity index (χ0n) is 23.1. The smallest absolute Gasteiger partial charge is 0.410 e. The average Bonchev–Trinajstić information content (AvgIpc) is 3.38. The molecule has 0 saturated carbocycles. The van der Waals surface area contributed by atoms with Crippen molar-refractivity contribution in [3.63, 3.8) is 0 Å². The topological polar surface area (TPSA) is 123 Å². The van der Waals surface area contributed by atoms with E-state index in [9.17, 15) is 9.59 Å². The SMILES string of the molecule is COc1ccc(-c2nc3n(n2)C(C)(N[C@@H]2CN(C(=O)OCc4ccccc4)CCNC2=O)Nc2cccc(Cl)c2-3)cc1. The normalized spacial score (nSPS) is 19.5. The lowest BCUT2D eigenvalue weighted by molar-refractivity contribution is -0.123. The molecule has 1 unspecified atom stereocenters. The number of nitrogens with zero attached hydrogens (tertiary/aromatic N) is 4. The number of nitrogens with one attached hydrogen (secondary N) is 3. The monoisotopic (exact) mass is 587 g/mol. The lowest BCUT2D eigenvalue weighted by Crippen LogP contribution is -2.62. The fourth-order valence-corrected chi connectivity index (χ4v) is 5.43. The number of hydrogen-bond acceptors (Lipinski definition) is 8. The molecule has 216 valence electrons. The van der Waals surface area contributed by atoms with E-state index in [0.717, 1.165) is 22.6 Å². The molecule has 0 bridgehead atoms. The van der Waals surface area contributed by atoms with Gasteiger partial charge in [0, 0.05) is 30.9 Å². The number of aromatic nitrogens is 3. The Kier molecular flexibility index (Phi) is 7.44. The summed E-state index contributed by atoms with van der Waals surface area (Å²) in [6.45, 7) is 2.72. The minimum Gasteiger partial charge on any atom is -0.497 e. The van der Waals surface area contributed by atoms with Crippen molar-refractivity contribution in [2.75, 3.05) is 32.1 Å². The first-order chi connectivity index (χ1) is 20.3. The van der Waals surface area contributed by atoms with E-state index < -0.39 is 17.9 Å². The van der Waals surface area contributed by atoms with Crippen LogP contribution in [0.15, 0.2) is 72.8 Å². The summed E-state index contributed by atoms with van der Waals surface area (Å²) in [5, 5.41) is 15.1. The molecule has 0 spiro atoms. The molecule has 2 atom stereocenters. The third-order valence-corrected chi connectivity index (χ3v) is 7.63. The maximum atomic E-state index is 13.2. The fourth-order valence-electron chi connectivity index (χ4n) is 5.17. The van der Waals surface area contributed by atoms with Crippen molar-refractivity contribution in [2.24, 2.45) is 0 Å². The maximum absolute atomic E-state index is 13.2. The predicted octanol–water partition coefficient (Wildman–Crippen LogP) is 4.06. The number of rotatable bonds is 6. The van der Waals surface area contributed by atoms with Gasteiger partial charge in [0.25, 0.3) is 0 Å². The number of fused-ring (bicyclic) bond motifs is 3. The second-order valence-corrected chi connectivity index (χ2v) is 10.6. The van der Waals surface area contributed by atoms with E-state index in [4.69, 9.17) is 31.2 Å². The van der Waals surface area contributed by atoms with E-state index in [2.05, 4.69) is 16.0 Å². The summed E-state index contributed by atoms with van der Waals surface area (Å²) in [4.78, 5) is 32.6. The largest absolute Gasteiger partial charge is 0.497 e. The van der Waals surface area contributed by atoms with E-state index in [0.29, 0.717) is 35.3 Å². The van der Waals surface area contributed by atoms with Gasteiger partial charge >= 0.3 is 6.09 Å². The molecule has 0 aliphatic carbocycles. The molecule has 0 radical (unpaired) electrons. The molecular formula is C30H30ClN7O4. The number of amides is 2. The summed E-state index contributed by atoms with van der Waals surface area (Å²) >= 11 is 6.64. The quantitative estimate of drug-likeness (QED) is 0.309. The second kappa shape index (κ2) is 11.3. The molecule has 6 rings (SSSR count). The molecule has 1 fully saturated rings. The van der Waals surface area contributed by atoms with Gasteiger partial charge in [-0.25, -0.2) is 14.5 Å². The number of ether oxygens (including phenoxy) is 2. The second-order valence-electron chi connectivity index (χ2n) is 10.2. The molecule has 3 heterocycles. The van der Waals surface area contributed by atoms with E-state index in [1.165, 1.54) is 4.90 Å². The third kappa shape index (κ3) is 5.36. The molecule has 4 aromatic rings. The number of carbonyl (C=O) groups is 2. The molecule has 1 saturated heterocycles. The first kappa shape index (κ1) is 27.6. The lowest BCUT2D eigenvalue weighted by atomic mass is 10.1. The summed E-state index contributed by atoms with van der Waals surface area (Å²) in [5.74, 6) is 0.368. The van der Waals surface area contributed by atoms with E-state index in [1.54, 1.807) is 17.9 Å². The molecule has 42 heavy (non-hydrogen) atoms. The minimum atomic E-state index is -1.11. The Morgan fingerprint density at radius 2 is 1.90 bits per heavy atom. The predicted molar refractivity (Wildman–Crippen MR) is 158 cm³/mol. The molecule has 12 heteroatoms. The zero-order valence-corrected chi connectivity index (χ0v) is 23.9. The van der Waals surface area contributed by atoms with Gasteiger partial charge in [-0.15, -0.1) is 5.10 Å². The van der Waals surface area contributed by atoms with Crippen LogP contribution in [0.4, 0.5) is 10.5 Å². The fraction of sp³-hybridized carbons (Fsp3) is 0.267. The molecule has 2 aliphatic rings. The number of halogens is 1. The van der Waals surface area contributed by atoms with Gasteiger partial charge in [-0.05, 0) is 48.9 Å². The van der Waals surface area contributed by atoms with Crippen LogP contribution in [0.5, 0.6) is 5.75 Å². The first-order valence-corrected chi connectivity index (χ1v) is 13.9. The Balaban J connectivity index is 1.29. The van der Waals surface area contributed by atoms with Gasteiger partial charge in [0.1, 0.15) is 18.4 Å². The highest BCUT2D eigenvalue weighted by Gasteiger charge is 2.42. The average molecular weight is 588 g/mol. The van der Waals surface area contributed by atoms with Crippen molar-refractivity contribution in [3.8, 4) is 28.5 Å². The third-order valence-electron chi connectivity index (χ3n) is 7.31. The lowest BCUT2D eigenvalue weighted by Gasteiger charge is -2.40. The number of carbonyl (C=O) groups excluding carboxylic acids is 2. The van der Waals surface area contributed by atoms with Gasteiger partial charge < -0.3 is 25.0 Å². The van der Waals surface area contributed by atoms with Crippen molar-refractivity contribution >= 4 is 29.3 Å². The van der Waals surface area contributed by atoms with Gasteiger partial charge in [-0.1, -0.05) is 48.0 Å². The zero-order chi connectivity index (χ0) is 29.3. The Morgan fingerprint density at radius 1 is 1.12 bits per heavy atom. The Hall–Kier alpha value is -4.61. The van der Waals surface area contributed by atoms with Crippen molar-refractivity contribution in [3.05, 3.63) is 83.4 Å². The molecule has 3 aromatic carbocycles. The van der Waals surface area contributed by atoms with Gasteiger partial charge in [-0.2, -0.15) is 0 Å². The van der Waals surface area contributed by atoms with Crippen LogP contribution in [0, 0.1) is 0 Å². The maximum Gasteiger partial charge on any atom is 0.410 e. The van der Waals surface area contributed by atoms with Crippen LogP contribution in [0.25, 0.3) is 22.8 Å². The molecule has 2 aliphatic heterocycles. The molecule has 1 aromatic heterocycles. The summed E-state index contributed by atoms with van der Waals surface area (Å²) < 4.78 is 12.5. The molecule has 11 nitrogen and oxygen atoms in total. The number of methoxy groups -OCH3 is 1. The van der Waals surface area contributed by atoms with Crippen molar-refractivity contribution in [2.45, 2.75) is 25.4 Å². The van der Waals surface area contributed by atoms with Gasteiger partial charge in [-0.3, -0.25) is 10.1 Å². The molecular weight excluding hydrogens is 558 g/mol. The highest BCUT2D eigenvalue weighted by Crippen LogP contribution is 2.41. The summed E-state index contributed by atoms with van der Waals surface area (Å²) in [6.07, 6.45) is -0.496. The van der Waals surface area contributed by atoms with Crippen molar-refractivity contribution < 1.29 is 19.1 Å². The van der Waals surface area contributed by atoms with Crippen LogP contribution in [-0.2, 0) is 21.9 Å². The Labute approximate surface area is 247 Å².